The summed E-state index contributed by atoms with van der Waals surface area (Å²) in [5, 5.41) is 4.52. The van der Waals surface area contributed by atoms with Crippen LogP contribution in [0.2, 0.25) is 10.0 Å². The van der Waals surface area contributed by atoms with E-state index in [0.29, 0.717) is 28.4 Å². The van der Waals surface area contributed by atoms with Gasteiger partial charge in [0, 0.05) is 17.7 Å². The predicted molar refractivity (Wildman–Crippen MR) is 85.2 cm³/mol. The number of benzene rings is 1. The average molecular weight is 326 g/mol. The smallest absolute Gasteiger partial charge is 0.139 e. The molecule has 1 aliphatic rings. The molecule has 0 saturated heterocycles. The van der Waals surface area contributed by atoms with Crippen LogP contribution >= 0.6 is 23.2 Å². The highest BCUT2D eigenvalue weighted by Gasteiger charge is 2.21. The van der Waals surface area contributed by atoms with Gasteiger partial charge in [-0.2, -0.15) is 0 Å². The molecule has 1 aromatic carbocycles. The topological polar surface area (TPSA) is 34.4 Å². The highest BCUT2D eigenvalue weighted by molar-refractivity contribution is 6.36. The second-order valence-corrected chi connectivity index (χ2v) is 5.93. The van der Waals surface area contributed by atoms with Gasteiger partial charge < -0.3 is 14.5 Å². The lowest BCUT2D eigenvalue weighted by molar-refractivity contribution is 0.340. The molecule has 5 heteroatoms. The van der Waals surface area contributed by atoms with Crippen molar-refractivity contribution in [2.24, 2.45) is 0 Å². The van der Waals surface area contributed by atoms with Gasteiger partial charge in [-0.25, -0.2) is 0 Å². The third-order valence-corrected chi connectivity index (χ3v) is 4.00. The Hall–Kier alpha value is -1.16. The van der Waals surface area contributed by atoms with E-state index in [4.69, 9.17) is 32.4 Å². The van der Waals surface area contributed by atoms with Gasteiger partial charge >= 0.3 is 0 Å². The van der Waals surface area contributed by atoms with E-state index in [0.717, 1.165) is 23.6 Å². The van der Waals surface area contributed by atoms with Crippen LogP contribution in [0.4, 0.5) is 0 Å². The fraction of sp³-hybridized carbons (Fsp3) is 0.375. The van der Waals surface area contributed by atoms with Crippen LogP contribution in [-0.4, -0.2) is 12.6 Å². The van der Waals surface area contributed by atoms with Crippen molar-refractivity contribution in [2.75, 3.05) is 6.61 Å². The SMILES string of the molecule is CCOc1cc(Cl)c(-c2ccc(CNC3CC3)o2)cc1Cl. The third kappa shape index (κ3) is 3.54. The molecule has 3 nitrogen and oxygen atoms in total. The van der Waals surface area contributed by atoms with E-state index in [1.54, 1.807) is 12.1 Å². The normalized spacial score (nSPS) is 14.4. The molecule has 1 aliphatic carbocycles. The van der Waals surface area contributed by atoms with Crippen molar-refractivity contribution in [1.82, 2.24) is 5.32 Å². The Labute approximate surface area is 134 Å². The Balaban J connectivity index is 1.80. The lowest BCUT2D eigenvalue weighted by Crippen LogP contribution is -2.14. The zero-order valence-corrected chi connectivity index (χ0v) is 13.3. The molecule has 1 saturated carbocycles. The molecule has 3 rings (SSSR count). The van der Waals surface area contributed by atoms with Crippen LogP contribution in [0.5, 0.6) is 5.75 Å². The monoisotopic (exact) mass is 325 g/mol. The molecule has 1 N–H and O–H groups in total. The molecule has 2 aromatic rings. The van der Waals surface area contributed by atoms with E-state index in [1.807, 2.05) is 19.1 Å². The van der Waals surface area contributed by atoms with Crippen LogP contribution in [0, 0.1) is 0 Å². The molecule has 1 aromatic heterocycles. The minimum atomic E-state index is 0.533. The largest absolute Gasteiger partial charge is 0.492 e. The fourth-order valence-corrected chi connectivity index (χ4v) is 2.60. The van der Waals surface area contributed by atoms with Crippen molar-refractivity contribution in [2.45, 2.75) is 32.4 Å². The van der Waals surface area contributed by atoms with Gasteiger partial charge in [-0.15, -0.1) is 0 Å². The highest BCUT2D eigenvalue weighted by atomic mass is 35.5. The van der Waals surface area contributed by atoms with Gasteiger partial charge in [0.25, 0.3) is 0 Å². The average Bonchev–Trinajstić information content (AvgIpc) is 3.18. The van der Waals surface area contributed by atoms with Gasteiger partial charge in [-0.3, -0.25) is 0 Å². The molecule has 0 atom stereocenters. The summed E-state index contributed by atoms with van der Waals surface area (Å²) >= 11 is 12.5. The second-order valence-electron chi connectivity index (χ2n) is 5.12. The predicted octanol–water partition coefficient (Wildman–Crippen LogP) is 4.90. The van der Waals surface area contributed by atoms with Crippen molar-refractivity contribution in [3.63, 3.8) is 0 Å². The van der Waals surface area contributed by atoms with Gasteiger partial charge in [0.05, 0.1) is 23.2 Å². The molecule has 0 amide bonds. The van der Waals surface area contributed by atoms with Crippen molar-refractivity contribution >= 4 is 23.2 Å². The Morgan fingerprint density at radius 1 is 1.24 bits per heavy atom. The van der Waals surface area contributed by atoms with Crippen molar-refractivity contribution in [3.05, 3.63) is 40.1 Å². The van der Waals surface area contributed by atoms with Crippen LogP contribution in [0.3, 0.4) is 0 Å². The molecular weight excluding hydrogens is 309 g/mol. The van der Waals surface area contributed by atoms with Gasteiger partial charge in [0.1, 0.15) is 17.3 Å². The van der Waals surface area contributed by atoms with Crippen LogP contribution in [0.15, 0.2) is 28.7 Å². The second kappa shape index (κ2) is 6.30. The number of hydrogen-bond donors (Lipinski definition) is 1. The number of halogens is 2. The third-order valence-electron chi connectivity index (χ3n) is 3.39. The summed E-state index contributed by atoms with van der Waals surface area (Å²) in [5.41, 5.74) is 0.780. The number of rotatable bonds is 6. The summed E-state index contributed by atoms with van der Waals surface area (Å²) < 4.78 is 11.3. The van der Waals surface area contributed by atoms with Gasteiger partial charge in [0.15, 0.2) is 0 Å². The molecule has 1 fully saturated rings. The molecule has 0 bridgehead atoms. The first-order valence-electron chi connectivity index (χ1n) is 7.11. The summed E-state index contributed by atoms with van der Waals surface area (Å²) in [6.07, 6.45) is 2.52. The quantitative estimate of drug-likeness (QED) is 0.819. The van der Waals surface area contributed by atoms with Crippen LogP contribution < -0.4 is 10.1 Å². The van der Waals surface area contributed by atoms with Crippen LogP contribution in [-0.2, 0) is 6.54 Å². The van der Waals surface area contributed by atoms with E-state index in [9.17, 15) is 0 Å². The molecular formula is C16H17Cl2NO2. The van der Waals surface area contributed by atoms with Gasteiger partial charge in [-0.1, -0.05) is 23.2 Å². The maximum Gasteiger partial charge on any atom is 0.139 e. The van der Waals surface area contributed by atoms with E-state index in [2.05, 4.69) is 5.32 Å². The fourth-order valence-electron chi connectivity index (χ4n) is 2.13. The minimum absolute atomic E-state index is 0.533. The molecule has 0 spiro atoms. The maximum atomic E-state index is 6.30. The van der Waals surface area contributed by atoms with E-state index in [1.165, 1.54) is 12.8 Å². The lowest BCUT2D eigenvalue weighted by Gasteiger charge is -2.09. The summed E-state index contributed by atoms with van der Waals surface area (Å²) in [5.74, 6) is 2.21. The van der Waals surface area contributed by atoms with Crippen molar-refractivity contribution in [1.29, 1.82) is 0 Å². The molecule has 0 aliphatic heterocycles. The number of ether oxygens (including phenoxy) is 1. The number of furan rings is 1. The first-order valence-corrected chi connectivity index (χ1v) is 7.87. The molecule has 0 unspecified atom stereocenters. The van der Waals surface area contributed by atoms with Gasteiger partial charge in [-0.05, 0) is 38.0 Å². The van der Waals surface area contributed by atoms with E-state index < -0.39 is 0 Å². The Morgan fingerprint density at radius 2 is 2.05 bits per heavy atom. The zero-order chi connectivity index (χ0) is 14.8. The summed E-state index contributed by atoms with van der Waals surface area (Å²) in [6, 6.07) is 8.05. The number of hydrogen-bond acceptors (Lipinski definition) is 3. The summed E-state index contributed by atoms with van der Waals surface area (Å²) in [6.45, 7) is 3.20. The Morgan fingerprint density at radius 3 is 2.76 bits per heavy atom. The number of nitrogens with one attached hydrogen (secondary N) is 1. The first-order chi connectivity index (χ1) is 10.2. The standard InChI is InChI=1S/C16H17Cl2NO2/c1-2-20-16-8-13(17)12(7-14(16)18)15-6-5-11(21-15)9-19-10-3-4-10/h5-8,10,19H,2-4,9H2,1H3. The van der Waals surface area contributed by atoms with E-state index >= 15 is 0 Å². The summed E-state index contributed by atoms with van der Waals surface area (Å²) in [4.78, 5) is 0. The zero-order valence-electron chi connectivity index (χ0n) is 11.8. The first kappa shape index (κ1) is 14.8. The minimum Gasteiger partial charge on any atom is -0.492 e. The van der Waals surface area contributed by atoms with Gasteiger partial charge in [0.2, 0.25) is 0 Å². The summed E-state index contributed by atoms with van der Waals surface area (Å²) in [7, 11) is 0. The Bertz CT molecular complexity index is 635. The molecule has 1 heterocycles. The van der Waals surface area contributed by atoms with Crippen molar-refractivity contribution in [3.8, 4) is 17.1 Å². The van der Waals surface area contributed by atoms with Crippen LogP contribution in [0.1, 0.15) is 25.5 Å². The molecule has 0 radical (unpaired) electrons. The Kier molecular flexibility index (Phi) is 4.43. The van der Waals surface area contributed by atoms with Crippen LogP contribution in [0.25, 0.3) is 11.3 Å². The molecule has 112 valence electrons. The van der Waals surface area contributed by atoms with E-state index in [-0.39, 0.29) is 0 Å². The lowest BCUT2D eigenvalue weighted by atomic mass is 10.1. The molecule has 21 heavy (non-hydrogen) atoms. The highest BCUT2D eigenvalue weighted by Crippen LogP contribution is 2.37. The maximum absolute atomic E-state index is 6.30. The van der Waals surface area contributed by atoms with Crippen molar-refractivity contribution < 1.29 is 9.15 Å².